The average Bonchev–Trinajstić information content (AvgIpc) is 2.86. The van der Waals surface area contributed by atoms with E-state index in [-0.39, 0.29) is 5.91 Å². The van der Waals surface area contributed by atoms with E-state index in [4.69, 9.17) is 10.2 Å². The van der Waals surface area contributed by atoms with Gasteiger partial charge in [0.25, 0.3) is 5.91 Å². The number of hydrogen-bond acceptors (Lipinski definition) is 4. The molecule has 0 fully saturated rings. The van der Waals surface area contributed by atoms with Crippen molar-refractivity contribution < 1.29 is 14.0 Å². The summed E-state index contributed by atoms with van der Waals surface area (Å²) in [5, 5.41) is 2.69. The normalized spacial score (nSPS) is 10.5. The summed E-state index contributed by atoms with van der Waals surface area (Å²) in [6, 6.07) is 10.8. The minimum Gasteiger partial charge on any atom is -0.408 e. The first kappa shape index (κ1) is 13.6. The molecular weight excluding hydrogens is 286 g/mol. The number of primary amides is 1. The molecule has 0 aliphatic rings. The van der Waals surface area contributed by atoms with Gasteiger partial charge in [0.2, 0.25) is 5.91 Å². The minimum absolute atomic E-state index is 0.328. The van der Waals surface area contributed by atoms with Gasteiger partial charge >= 0.3 is 5.76 Å². The molecule has 0 saturated carbocycles. The van der Waals surface area contributed by atoms with Crippen LogP contribution in [0.25, 0.3) is 11.1 Å². The van der Waals surface area contributed by atoms with Crippen molar-refractivity contribution in [3.05, 3.63) is 64.1 Å². The van der Waals surface area contributed by atoms with Gasteiger partial charge in [-0.2, -0.15) is 0 Å². The quantitative estimate of drug-likeness (QED) is 0.678. The molecule has 0 aliphatic heterocycles. The van der Waals surface area contributed by atoms with Crippen LogP contribution in [-0.4, -0.2) is 16.8 Å². The van der Waals surface area contributed by atoms with Crippen LogP contribution in [-0.2, 0) is 0 Å². The number of oxazole rings is 1. The van der Waals surface area contributed by atoms with Gasteiger partial charge in [-0.3, -0.25) is 14.6 Å². The van der Waals surface area contributed by atoms with E-state index in [1.807, 2.05) is 0 Å². The second-order valence-electron chi connectivity index (χ2n) is 4.62. The van der Waals surface area contributed by atoms with Crippen molar-refractivity contribution in [2.45, 2.75) is 0 Å². The first-order valence-corrected chi connectivity index (χ1v) is 6.37. The van der Waals surface area contributed by atoms with Gasteiger partial charge in [-0.05, 0) is 42.5 Å². The predicted octanol–water partition coefficient (Wildman–Crippen LogP) is 1.47. The van der Waals surface area contributed by atoms with Crippen molar-refractivity contribution in [1.29, 1.82) is 0 Å². The van der Waals surface area contributed by atoms with Crippen molar-refractivity contribution >= 4 is 28.6 Å². The third-order valence-electron chi connectivity index (χ3n) is 3.11. The number of rotatable bonds is 3. The summed E-state index contributed by atoms with van der Waals surface area (Å²) in [6.07, 6.45) is 0. The molecule has 2 aromatic carbocycles. The molecule has 0 atom stereocenters. The highest BCUT2D eigenvalue weighted by molar-refractivity contribution is 6.05. The number of nitrogens with one attached hydrogen (secondary N) is 2. The molecule has 2 amide bonds. The maximum Gasteiger partial charge on any atom is 0.417 e. The van der Waals surface area contributed by atoms with Crippen LogP contribution < -0.4 is 16.8 Å². The summed E-state index contributed by atoms with van der Waals surface area (Å²) in [7, 11) is 0. The van der Waals surface area contributed by atoms with Crippen LogP contribution in [0.5, 0.6) is 0 Å². The van der Waals surface area contributed by atoms with Gasteiger partial charge in [0.05, 0.1) is 5.52 Å². The zero-order chi connectivity index (χ0) is 15.7. The fourth-order valence-corrected chi connectivity index (χ4v) is 2.02. The molecule has 7 heteroatoms. The summed E-state index contributed by atoms with van der Waals surface area (Å²) in [4.78, 5) is 36.7. The molecule has 22 heavy (non-hydrogen) atoms. The van der Waals surface area contributed by atoms with Gasteiger partial charge in [0.15, 0.2) is 5.58 Å². The molecule has 3 aromatic rings. The zero-order valence-corrected chi connectivity index (χ0v) is 11.3. The number of carbonyl (C=O) groups is 2. The molecule has 0 bridgehead atoms. The van der Waals surface area contributed by atoms with Crippen molar-refractivity contribution in [3.63, 3.8) is 0 Å². The van der Waals surface area contributed by atoms with E-state index in [2.05, 4.69) is 10.3 Å². The van der Waals surface area contributed by atoms with E-state index >= 15 is 0 Å². The lowest BCUT2D eigenvalue weighted by Gasteiger charge is -2.05. The first-order valence-electron chi connectivity index (χ1n) is 6.37. The van der Waals surface area contributed by atoms with Crippen molar-refractivity contribution in [3.8, 4) is 0 Å². The first-order chi connectivity index (χ1) is 10.5. The molecule has 0 radical (unpaired) electrons. The van der Waals surface area contributed by atoms with Crippen molar-refractivity contribution in [1.82, 2.24) is 4.98 Å². The lowest BCUT2D eigenvalue weighted by atomic mass is 10.1. The fraction of sp³-hybridized carbons (Fsp3) is 0. The standard InChI is InChI=1S/C15H11N3O4/c16-13(19)8-1-3-9(4-2-8)14(20)17-10-5-6-12-11(7-10)18-15(21)22-12/h1-7H,(H2,16,19)(H,17,20)(H,18,21). The summed E-state index contributed by atoms with van der Waals surface area (Å²) < 4.78 is 4.88. The molecule has 1 aromatic heterocycles. The number of carbonyl (C=O) groups excluding carboxylic acids is 2. The Morgan fingerprint density at radius 2 is 1.73 bits per heavy atom. The lowest BCUT2D eigenvalue weighted by molar-refractivity contribution is 0.0995. The summed E-state index contributed by atoms with van der Waals surface area (Å²) in [5.41, 5.74) is 7.26. The number of benzene rings is 2. The van der Waals surface area contributed by atoms with E-state index in [0.717, 1.165) is 0 Å². The van der Waals surface area contributed by atoms with Crippen LogP contribution in [0.1, 0.15) is 20.7 Å². The Morgan fingerprint density at radius 1 is 1.05 bits per heavy atom. The van der Waals surface area contributed by atoms with E-state index in [1.54, 1.807) is 18.2 Å². The third kappa shape index (κ3) is 2.59. The van der Waals surface area contributed by atoms with Gasteiger partial charge in [-0.15, -0.1) is 0 Å². The zero-order valence-electron chi connectivity index (χ0n) is 11.3. The molecule has 0 spiro atoms. The Kier molecular flexibility index (Phi) is 3.23. The smallest absolute Gasteiger partial charge is 0.408 e. The molecule has 0 aliphatic carbocycles. The summed E-state index contributed by atoms with van der Waals surface area (Å²) in [5.74, 6) is -1.46. The van der Waals surface area contributed by atoms with Crippen LogP contribution >= 0.6 is 0 Å². The molecule has 3 rings (SSSR count). The number of anilines is 1. The van der Waals surface area contributed by atoms with Crippen molar-refractivity contribution in [2.24, 2.45) is 5.73 Å². The van der Waals surface area contributed by atoms with Gasteiger partial charge in [-0.1, -0.05) is 0 Å². The number of fused-ring (bicyclic) bond motifs is 1. The van der Waals surface area contributed by atoms with E-state index in [0.29, 0.717) is 27.9 Å². The van der Waals surface area contributed by atoms with Crippen LogP contribution in [0.4, 0.5) is 5.69 Å². The van der Waals surface area contributed by atoms with Crippen LogP contribution in [0.2, 0.25) is 0 Å². The molecule has 4 N–H and O–H groups in total. The molecule has 110 valence electrons. The molecule has 0 saturated heterocycles. The Morgan fingerprint density at radius 3 is 2.41 bits per heavy atom. The topological polar surface area (TPSA) is 118 Å². The SMILES string of the molecule is NC(=O)c1ccc(C(=O)Nc2ccc3oc(=O)[nH]c3c2)cc1. The highest BCUT2D eigenvalue weighted by atomic mass is 16.4. The lowest BCUT2D eigenvalue weighted by Crippen LogP contribution is -2.14. The molecule has 7 nitrogen and oxygen atoms in total. The van der Waals surface area contributed by atoms with Crippen molar-refractivity contribution in [2.75, 3.05) is 5.32 Å². The molecule has 0 unspecified atom stereocenters. The number of aromatic amines is 1. The Bertz CT molecular complexity index is 922. The maximum atomic E-state index is 12.1. The second kappa shape index (κ2) is 5.21. The second-order valence-corrected chi connectivity index (χ2v) is 4.62. The third-order valence-corrected chi connectivity index (χ3v) is 3.11. The molecule has 1 heterocycles. The van der Waals surface area contributed by atoms with Gasteiger partial charge in [0.1, 0.15) is 0 Å². The summed E-state index contributed by atoms with van der Waals surface area (Å²) in [6.45, 7) is 0. The van der Waals surface area contributed by atoms with Gasteiger partial charge in [-0.25, -0.2) is 4.79 Å². The average molecular weight is 297 g/mol. The Hall–Kier alpha value is -3.35. The molecular formula is C15H11N3O4. The van der Waals surface area contributed by atoms with Gasteiger partial charge < -0.3 is 15.5 Å². The monoisotopic (exact) mass is 297 g/mol. The highest BCUT2D eigenvalue weighted by Crippen LogP contribution is 2.17. The fourth-order valence-electron chi connectivity index (χ4n) is 2.02. The predicted molar refractivity (Wildman–Crippen MR) is 79.7 cm³/mol. The van der Waals surface area contributed by atoms with E-state index in [9.17, 15) is 14.4 Å². The van der Waals surface area contributed by atoms with E-state index < -0.39 is 11.7 Å². The maximum absolute atomic E-state index is 12.1. The number of nitrogens with two attached hydrogens (primary N) is 1. The number of amides is 2. The van der Waals surface area contributed by atoms with E-state index in [1.165, 1.54) is 24.3 Å². The van der Waals surface area contributed by atoms with Crippen LogP contribution in [0, 0.1) is 0 Å². The van der Waals surface area contributed by atoms with Crippen LogP contribution in [0.3, 0.4) is 0 Å². The Labute approximate surface area is 123 Å². The minimum atomic E-state index is -0.555. The number of H-pyrrole nitrogens is 1. The summed E-state index contributed by atoms with van der Waals surface area (Å²) >= 11 is 0. The van der Waals surface area contributed by atoms with Crippen LogP contribution in [0.15, 0.2) is 51.7 Å². The largest absolute Gasteiger partial charge is 0.417 e. The highest BCUT2D eigenvalue weighted by Gasteiger charge is 2.09. The van der Waals surface area contributed by atoms with Gasteiger partial charge in [0, 0.05) is 16.8 Å². The number of hydrogen-bond donors (Lipinski definition) is 3. The number of aromatic nitrogens is 1. The Balaban J connectivity index is 1.82.